The van der Waals surface area contributed by atoms with Crippen LogP contribution < -0.4 is 30.4 Å². The van der Waals surface area contributed by atoms with Gasteiger partial charge in [-0.05, 0) is 66.7 Å². The third-order valence-corrected chi connectivity index (χ3v) is 9.02. The summed E-state index contributed by atoms with van der Waals surface area (Å²) in [6.45, 7) is 0. The number of halogens is 1. The second-order valence-corrected chi connectivity index (χ2v) is 14.1. The van der Waals surface area contributed by atoms with Crippen molar-refractivity contribution in [1.29, 1.82) is 5.26 Å². The number of ether oxygens (including phenoxy) is 2. The van der Waals surface area contributed by atoms with Crippen LogP contribution in [0.3, 0.4) is 0 Å². The number of nitrogens with two attached hydrogens (primary N) is 2. The monoisotopic (exact) mass is 763 g/mol. The number of aromatic nitrogens is 4. The zero-order chi connectivity index (χ0) is 35.3. The number of nitriles is 1. The molecule has 0 bridgehead atoms. The third-order valence-electron chi connectivity index (χ3n) is 6.71. The van der Waals surface area contributed by atoms with Crippen LogP contribution in [-0.4, -0.2) is 51.0 Å². The fourth-order valence-electron chi connectivity index (χ4n) is 4.40. The zero-order valence-corrected chi connectivity index (χ0v) is 28.8. The summed E-state index contributed by atoms with van der Waals surface area (Å²) in [6, 6.07) is 20.9. The lowest BCUT2D eigenvalue weighted by molar-refractivity contribution is 0.418. The Bertz CT molecular complexity index is 2440. The van der Waals surface area contributed by atoms with Crippen LogP contribution in [0.2, 0.25) is 0 Å². The van der Waals surface area contributed by atoms with E-state index in [9.17, 15) is 16.8 Å². The first kappa shape index (κ1) is 34.9. The standard InChI is InChI=1S/C16H13N5O3S.C15H13BrN4O3S/c1-24-14-7-10(8-17)6-11-9-19-16(21-15(11)14)20-12-2-4-13(5-3-12)25(18,22)23;1-23-13-7-10(16)6-9-8-18-15(20-14(9)13)19-11-2-4-12(5-3-11)24(17,21)22/h2-7,9H,1H3,(H2,18,22,23)(H,19,20,21);2-8H,1H3,(H2,17,21,22)(H,18,19,20). The lowest BCUT2D eigenvalue weighted by Gasteiger charge is -2.09. The Balaban J connectivity index is 0.000000191. The highest BCUT2D eigenvalue weighted by atomic mass is 79.9. The van der Waals surface area contributed by atoms with E-state index in [0.29, 0.717) is 56.8 Å². The normalized spacial score (nSPS) is 11.3. The Hall–Kier alpha value is -5.45. The number of hydrogen-bond acceptors (Lipinski definition) is 13. The zero-order valence-electron chi connectivity index (χ0n) is 25.6. The van der Waals surface area contributed by atoms with E-state index in [2.05, 4.69) is 52.6 Å². The Morgan fingerprint density at radius 2 is 1.12 bits per heavy atom. The number of hydrogen-bond donors (Lipinski definition) is 4. The number of sulfonamides is 2. The molecule has 6 N–H and O–H groups in total. The van der Waals surface area contributed by atoms with Gasteiger partial charge in [-0.2, -0.15) is 5.26 Å². The largest absolute Gasteiger partial charge is 0.494 e. The van der Waals surface area contributed by atoms with Crippen molar-refractivity contribution >= 4 is 81.1 Å². The maximum atomic E-state index is 11.3. The molecule has 0 saturated heterocycles. The van der Waals surface area contributed by atoms with Gasteiger partial charge in [-0.15, -0.1) is 0 Å². The number of rotatable bonds is 8. The van der Waals surface area contributed by atoms with Crippen molar-refractivity contribution in [3.63, 3.8) is 0 Å². The molecule has 0 amide bonds. The number of anilines is 4. The molecule has 15 nitrogen and oxygen atoms in total. The molecule has 6 aromatic rings. The van der Waals surface area contributed by atoms with E-state index in [-0.39, 0.29) is 9.79 Å². The van der Waals surface area contributed by atoms with Gasteiger partial charge in [0.1, 0.15) is 22.5 Å². The van der Waals surface area contributed by atoms with E-state index in [1.165, 1.54) is 31.4 Å². The summed E-state index contributed by atoms with van der Waals surface area (Å²) in [5, 5.41) is 26.7. The van der Waals surface area contributed by atoms with Crippen molar-refractivity contribution in [3.05, 3.63) is 95.2 Å². The topological polar surface area (TPSA) is 238 Å². The molecule has 4 aromatic carbocycles. The molecule has 6 rings (SSSR count). The third kappa shape index (κ3) is 8.53. The maximum Gasteiger partial charge on any atom is 0.238 e. The van der Waals surface area contributed by atoms with Gasteiger partial charge >= 0.3 is 0 Å². The summed E-state index contributed by atoms with van der Waals surface area (Å²) in [5.74, 6) is 1.75. The second-order valence-electron chi connectivity index (χ2n) is 10.1. The van der Waals surface area contributed by atoms with Gasteiger partial charge in [-0.3, -0.25) is 0 Å². The highest BCUT2D eigenvalue weighted by Gasteiger charge is 2.12. The molecular weight excluding hydrogens is 738 g/mol. The van der Waals surface area contributed by atoms with Crippen LogP contribution >= 0.6 is 15.9 Å². The molecule has 49 heavy (non-hydrogen) atoms. The van der Waals surface area contributed by atoms with Gasteiger partial charge in [-0.1, -0.05) is 15.9 Å². The Morgan fingerprint density at radius 3 is 1.53 bits per heavy atom. The van der Waals surface area contributed by atoms with Gasteiger partial charge in [-0.25, -0.2) is 47.0 Å². The van der Waals surface area contributed by atoms with E-state index >= 15 is 0 Å². The first-order chi connectivity index (χ1) is 23.3. The fraction of sp³-hybridized carbons (Fsp3) is 0.0645. The quantitative estimate of drug-likeness (QED) is 0.165. The molecule has 250 valence electrons. The van der Waals surface area contributed by atoms with Crippen molar-refractivity contribution in [3.8, 4) is 17.6 Å². The molecule has 18 heteroatoms. The van der Waals surface area contributed by atoms with Gasteiger partial charge in [0.2, 0.25) is 31.9 Å². The molecule has 2 aromatic heterocycles. The van der Waals surface area contributed by atoms with Crippen molar-refractivity contribution in [2.75, 3.05) is 24.9 Å². The Labute approximate surface area is 289 Å². The summed E-state index contributed by atoms with van der Waals surface area (Å²) in [6.07, 6.45) is 3.25. The number of nitrogens with one attached hydrogen (secondary N) is 2. The SMILES string of the molecule is COc1cc(Br)cc2cnc(Nc3ccc(S(N)(=O)=O)cc3)nc12.COc1cc(C#N)cc2cnc(Nc3ccc(S(N)(=O)=O)cc3)nc12. The second kappa shape index (κ2) is 14.3. The molecule has 0 aliphatic rings. The van der Waals surface area contributed by atoms with Crippen molar-refractivity contribution in [1.82, 2.24) is 19.9 Å². The van der Waals surface area contributed by atoms with Gasteiger partial charge in [0.05, 0.1) is 35.6 Å². The lowest BCUT2D eigenvalue weighted by Crippen LogP contribution is -2.11. The molecule has 0 radical (unpaired) electrons. The smallest absolute Gasteiger partial charge is 0.238 e. The fourth-order valence-corrected chi connectivity index (χ4v) is 5.89. The molecule has 0 spiro atoms. The number of benzene rings is 4. The number of fused-ring (bicyclic) bond motifs is 2. The number of primary sulfonamides is 2. The molecule has 0 unspecified atom stereocenters. The molecule has 0 aliphatic heterocycles. The lowest BCUT2D eigenvalue weighted by atomic mass is 10.1. The van der Waals surface area contributed by atoms with E-state index < -0.39 is 20.0 Å². The Kier molecular flexibility index (Phi) is 10.2. The van der Waals surface area contributed by atoms with Crippen LogP contribution in [0.5, 0.6) is 11.5 Å². The van der Waals surface area contributed by atoms with Gasteiger partial charge in [0, 0.05) is 45.1 Å². The first-order valence-corrected chi connectivity index (χ1v) is 17.7. The van der Waals surface area contributed by atoms with Crippen LogP contribution in [0.15, 0.2) is 99.5 Å². The minimum atomic E-state index is -3.74. The van der Waals surface area contributed by atoms with Gasteiger partial charge in [0.25, 0.3) is 0 Å². The average molecular weight is 765 g/mol. The van der Waals surface area contributed by atoms with Crippen LogP contribution in [-0.2, 0) is 20.0 Å². The van der Waals surface area contributed by atoms with Gasteiger partial charge < -0.3 is 20.1 Å². The molecular formula is C31H26BrN9O6S2. The van der Waals surface area contributed by atoms with Crippen molar-refractivity contribution < 1.29 is 26.3 Å². The molecule has 0 aliphatic carbocycles. The van der Waals surface area contributed by atoms with E-state index in [1.807, 2.05) is 12.1 Å². The van der Waals surface area contributed by atoms with Crippen LogP contribution in [0, 0.1) is 11.3 Å². The van der Waals surface area contributed by atoms with Crippen LogP contribution in [0.25, 0.3) is 21.8 Å². The van der Waals surface area contributed by atoms with Crippen LogP contribution in [0.4, 0.5) is 23.3 Å². The molecule has 0 atom stereocenters. The summed E-state index contributed by atoms with van der Waals surface area (Å²) in [4.78, 5) is 17.3. The minimum absolute atomic E-state index is 0.0168. The minimum Gasteiger partial charge on any atom is -0.494 e. The molecule has 2 heterocycles. The summed E-state index contributed by atoms with van der Waals surface area (Å²) in [5.41, 5.74) is 2.91. The summed E-state index contributed by atoms with van der Waals surface area (Å²) >= 11 is 3.41. The highest BCUT2D eigenvalue weighted by molar-refractivity contribution is 9.10. The maximum absolute atomic E-state index is 11.3. The molecule has 0 saturated carbocycles. The van der Waals surface area contributed by atoms with Crippen molar-refractivity contribution in [2.24, 2.45) is 10.3 Å². The predicted octanol–water partition coefficient (Wildman–Crippen LogP) is 4.69. The van der Waals surface area contributed by atoms with E-state index in [4.69, 9.17) is 25.0 Å². The Morgan fingerprint density at radius 1 is 0.694 bits per heavy atom. The predicted molar refractivity (Wildman–Crippen MR) is 187 cm³/mol. The van der Waals surface area contributed by atoms with E-state index in [1.54, 1.807) is 55.9 Å². The highest BCUT2D eigenvalue weighted by Crippen LogP contribution is 2.30. The van der Waals surface area contributed by atoms with Gasteiger partial charge in [0.15, 0.2) is 0 Å². The molecule has 0 fully saturated rings. The summed E-state index contributed by atoms with van der Waals surface area (Å²) in [7, 11) is -4.38. The summed E-state index contributed by atoms with van der Waals surface area (Å²) < 4.78 is 56.5. The van der Waals surface area contributed by atoms with Crippen LogP contribution in [0.1, 0.15) is 5.56 Å². The average Bonchev–Trinajstić information content (AvgIpc) is 3.07. The number of methoxy groups -OCH3 is 2. The number of nitrogens with zero attached hydrogens (tertiary/aromatic N) is 5. The van der Waals surface area contributed by atoms with Crippen molar-refractivity contribution in [2.45, 2.75) is 9.79 Å². The first-order valence-electron chi connectivity index (χ1n) is 13.8. The van der Waals surface area contributed by atoms with E-state index in [0.717, 1.165) is 9.86 Å².